The maximum atomic E-state index is 12.3. The molecule has 3 aromatic rings. The van der Waals surface area contributed by atoms with Gasteiger partial charge in [-0.1, -0.05) is 0 Å². The SMILES string of the molecule is CC(C)(C)OC(=O)Nc1ccc2sc(-c3cc(C(=O)N=S(C)(C)=O)cnc3N)cc2c1. The lowest BCUT2D eigenvalue weighted by Gasteiger charge is -2.19. The first-order valence-corrected chi connectivity index (χ1v) is 12.5. The summed E-state index contributed by atoms with van der Waals surface area (Å²) in [6.07, 6.45) is 3.58. The molecule has 1 aromatic carbocycles. The van der Waals surface area contributed by atoms with E-state index in [0.29, 0.717) is 11.3 Å². The second-order valence-corrected chi connectivity index (χ2v) is 11.9. The molecular weight excluding hydrogens is 436 g/mol. The van der Waals surface area contributed by atoms with E-state index in [1.54, 1.807) is 32.9 Å². The number of nitrogens with two attached hydrogens (primary N) is 1. The minimum atomic E-state index is -2.58. The largest absolute Gasteiger partial charge is 0.444 e. The molecule has 0 radical (unpaired) electrons. The molecule has 0 saturated carbocycles. The number of thiophene rings is 1. The van der Waals surface area contributed by atoms with E-state index in [-0.39, 0.29) is 11.4 Å². The number of hydrogen-bond acceptors (Lipinski definition) is 7. The molecule has 0 atom stereocenters. The van der Waals surface area contributed by atoms with Gasteiger partial charge in [-0.3, -0.25) is 10.1 Å². The molecule has 2 aromatic heterocycles. The van der Waals surface area contributed by atoms with Gasteiger partial charge in [0.2, 0.25) is 0 Å². The summed E-state index contributed by atoms with van der Waals surface area (Å²) in [7, 11) is -2.58. The summed E-state index contributed by atoms with van der Waals surface area (Å²) in [6.45, 7) is 5.39. The molecule has 0 fully saturated rings. The van der Waals surface area contributed by atoms with Crippen LogP contribution in [0.3, 0.4) is 0 Å². The number of nitrogens with zero attached hydrogens (tertiary/aromatic N) is 2. The molecule has 2 amide bonds. The highest BCUT2D eigenvalue weighted by Crippen LogP contribution is 2.37. The first-order valence-electron chi connectivity index (χ1n) is 9.32. The number of fused-ring (bicyclic) bond motifs is 1. The van der Waals surface area contributed by atoms with Gasteiger partial charge in [-0.15, -0.1) is 11.3 Å². The van der Waals surface area contributed by atoms with Crippen molar-refractivity contribution in [1.82, 2.24) is 4.98 Å². The maximum absolute atomic E-state index is 12.3. The molecule has 164 valence electrons. The summed E-state index contributed by atoms with van der Waals surface area (Å²) in [4.78, 5) is 29.2. The highest BCUT2D eigenvalue weighted by molar-refractivity contribution is 7.92. The van der Waals surface area contributed by atoms with Crippen LogP contribution in [0.15, 0.2) is 40.9 Å². The van der Waals surface area contributed by atoms with E-state index in [9.17, 15) is 13.8 Å². The molecule has 3 rings (SSSR count). The normalized spacial score (nSPS) is 11.9. The van der Waals surface area contributed by atoms with Gasteiger partial charge in [0.05, 0.1) is 5.56 Å². The van der Waals surface area contributed by atoms with Gasteiger partial charge >= 0.3 is 6.09 Å². The minimum Gasteiger partial charge on any atom is -0.444 e. The second kappa shape index (κ2) is 8.27. The van der Waals surface area contributed by atoms with Crippen molar-refractivity contribution in [3.05, 3.63) is 42.1 Å². The number of aromatic nitrogens is 1. The van der Waals surface area contributed by atoms with E-state index in [0.717, 1.165) is 15.0 Å². The Kier molecular flexibility index (Phi) is 6.06. The molecule has 31 heavy (non-hydrogen) atoms. The van der Waals surface area contributed by atoms with E-state index in [2.05, 4.69) is 14.7 Å². The lowest BCUT2D eigenvalue weighted by molar-refractivity contribution is 0.0635. The third kappa shape index (κ3) is 6.02. The van der Waals surface area contributed by atoms with Gasteiger partial charge in [0.1, 0.15) is 11.4 Å². The van der Waals surface area contributed by atoms with Gasteiger partial charge in [-0.2, -0.15) is 4.36 Å². The first-order chi connectivity index (χ1) is 14.3. The van der Waals surface area contributed by atoms with E-state index < -0.39 is 27.3 Å². The van der Waals surface area contributed by atoms with Crippen LogP contribution in [-0.2, 0) is 14.5 Å². The molecule has 2 heterocycles. The Hall–Kier alpha value is -2.98. The summed E-state index contributed by atoms with van der Waals surface area (Å²) in [6, 6.07) is 9.00. The third-order valence-corrected chi connectivity index (χ3v) is 5.65. The van der Waals surface area contributed by atoms with Crippen LogP contribution < -0.4 is 11.1 Å². The maximum Gasteiger partial charge on any atom is 0.412 e. The van der Waals surface area contributed by atoms with Crippen LogP contribution >= 0.6 is 11.3 Å². The summed E-state index contributed by atoms with van der Waals surface area (Å²) in [5.41, 5.74) is 6.85. The molecule has 0 aliphatic carbocycles. The van der Waals surface area contributed by atoms with E-state index >= 15 is 0 Å². The van der Waals surface area contributed by atoms with Crippen LogP contribution in [0, 0.1) is 0 Å². The fourth-order valence-corrected chi connectivity index (χ4v) is 4.29. The zero-order chi connectivity index (χ0) is 23.0. The van der Waals surface area contributed by atoms with E-state index in [4.69, 9.17) is 10.5 Å². The van der Waals surface area contributed by atoms with Crippen LogP contribution in [0.1, 0.15) is 31.1 Å². The van der Waals surface area contributed by atoms with Crippen molar-refractivity contribution in [3.8, 4) is 10.4 Å². The Morgan fingerprint density at radius 3 is 2.55 bits per heavy atom. The number of amides is 2. The Labute approximate surface area is 185 Å². The summed E-state index contributed by atoms with van der Waals surface area (Å²) < 4.78 is 21.8. The quantitative estimate of drug-likeness (QED) is 0.581. The van der Waals surface area contributed by atoms with Gasteiger partial charge in [-0.05, 0) is 56.5 Å². The lowest BCUT2D eigenvalue weighted by Crippen LogP contribution is -2.27. The van der Waals surface area contributed by atoms with Gasteiger partial charge in [0.15, 0.2) is 0 Å². The number of benzene rings is 1. The smallest absolute Gasteiger partial charge is 0.412 e. The van der Waals surface area contributed by atoms with Gasteiger partial charge < -0.3 is 10.5 Å². The van der Waals surface area contributed by atoms with Crippen LogP contribution in [0.4, 0.5) is 16.3 Å². The number of carbonyl (C=O) groups is 2. The van der Waals surface area contributed by atoms with Crippen LogP contribution in [-0.4, -0.2) is 39.3 Å². The average molecular weight is 461 g/mol. The first kappa shape index (κ1) is 22.7. The Morgan fingerprint density at radius 2 is 1.90 bits per heavy atom. The predicted molar refractivity (Wildman–Crippen MR) is 126 cm³/mol. The number of ether oxygens (including phenoxy) is 1. The highest BCUT2D eigenvalue weighted by atomic mass is 32.2. The molecule has 0 saturated heterocycles. The number of carbonyl (C=O) groups excluding carboxylic acids is 2. The van der Waals surface area contributed by atoms with Crippen molar-refractivity contribution in [3.63, 3.8) is 0 Å². The minimum absolute atomic E-state index is 0.213. The summed E-state index contributed by atoms with van der Waals surface area (Å²) >= 11 is 1.47. The van der Waals surface area contributed by atoms with Gasteiger partial charge in [0, 0.05) is 49.3 Å². The number of rotatable bonds is 3. The number of nitrogens with one attached hydrogen (secondary N) is 1. The highest BCUT2D eigenvalue weighted by Gasteiger charge is 2.17. The standard InChI is InChI=1S/C21H24N4O4S2/c1-21(2,3)29-20(27)24-14-6-7-16-12(8-14)10-17(30-16)15-9-13(11-23-18(15)22)19(26)25-31(4,5)28/h6-11H,1-5H3,(H2,22,23)(H,24,27). The predicted octanol–water partition coefficient (Wildman–Crippen LogP) is 4.76. The third-order valence-electron chi connectivity index (χ3n) is 3.90. The number of anilines is 2. The van der Waals surface area contributed by atoms with Crippen molar-refractivity contribution < 1.29 is 18.5 Å². The van der Waals surface area contributed by atoms with Crippen molar-refractivity contribution in [1.29, 1.82) is 0 Å². The molecule has 0 spiro atoms. The second-order valence-electron chi connectivity index (χ2n) is 8.22. The Morgan fingerprint density at radius 1 is 1.19 bits per heavy atom. The molecule has 0 unspecified atom stereocenters. The van der Waals surface area contributed by atoms with Crippen LogP contribution in [0.25, 0.3) is 20.5 Å². The van der Waals surface area contributed by atoms with Gasteiger partial charge in [0.25, 0.3) is 5.91 Å². The Balaban J connectivity index is 1.93. The molecule has 0 aliphatic rings. The van der Waals surface area contributed by atoms with Crippen molar-refractivity contribution in [2.75, 3.05) is 23.6 Å². The number of nitrogen functional groups attached to an aromatic ring is 1. The fraction of sp³-hybridized carbons (Fsp3) is 0.286. The summed E-state index contributed by atoms with van der Waals surface area (Å²) in [5, 5.41) is 3.61. The Bertz CT molecular complexity index is 1290. The molecule has 10 heteroatoms. The van der Waals surface area contributed by atoms with Crippen LogP contribution in [0.5, 0.6) is 0 Å². The molecule has 0 aliphatic heterocycles. The molecule has 3 N–H and O–H groups in total. The van der Waals surface area contributed by atoms with Crippen molar-refractivity contribution in [2.45, 2.75) is 26.4 Å². The number of pyridine rings is 1. The summed E-state index contributed by atoms with van der Waals surface area (Å²) in [5.74, 6) is -0.336. The lowest BCUT2D eigenvalue weighted by atomic mass is 10.1. The average Bonchev–Trinajstić information content (AvgIpc) is 3.01. The van der Waals surface area contributed by atoms with E-state index in [1.165, 1.54) is 30.0 Å². The topological polar surface area (TPSA) is 124 Å². The van der Waals surface area contributed by atoms with Crippen molar-refractivity contribution in [2.24, 2.45) is 4.36 Å². The number of hydrogen-bond donors (Lipinski definition) is 2. The van der Waals surface area contributed by atoms with Crippen molar-refractivity contribution >= 4 is 54.7 Å². The molecule has 0 bridgehead atoms. The van der Waals surface area contributed by atoms with Gasteiger partial charge in [-0.25, -0.2) is 14.0 Å². The molecular formula is C21H24N4O4S2. The molecule has 8 nitrogen and oxygen atoms in total. The van der Waals surface area contributed by atoms with E-state index in [1.807, 2.05) is 18.2 Å². The zero-order valence-electron chi connectivity index (χ0n) is 17.9. The van der Waals surface area contributed by atoms with Crippen LogP contribution in [0.2, 0.25) is 0 Å². The zero-order valence-corrected chi connectivity index (χ0v) is 19.5. The fourth-order valence-electron chi connectivity index (χ4n) is 2.72. The monoisotopic (exact) mass is 460 g/mol.